The van der Waals surface area contributed by atoms with Gasteiger partial charge in [-0.3, -0.25) is 0 Å². The van der Waals surface area contributed by atoms with Gasteiger partial charge >= 0.3 is 0 Å². The Morgan fingerprint density at radius 1 is 1.25 bits per heavy atom. The van der Waals surface area contributed by atoms with Gasteiger partial charge in [0.15, 0.2) is 0 Å². The van der Waals surface area contributed by atoms with Crippen LogP contribution in [0, 0.1) is 6.92 Å². The molecule has 0 aliphatic rings. The summed E-state index contributed by atoms with van der Waals surface area (Å²) < 4.78 is 5.52. The molecule has 0 fully saturated rings. The van der Waals surface area contributed by atoms with E-state index in [1.165, 1.54) is 11.1 Å². The molecule has 0 bridgehead atoms. The van der Waals surface area contributed by atoms with E-state index in [9.17, 15) is 0 Å². The van der Waals surface area contributed by atoms with Crippen molar-refractivity contribution < 1.29 is 4.74 Å². The van der Waals surface area contributed by atoms with Gasteiger partial charge in [-0.25, -0.2) is 0 Å². The average Bonchev–Trinajstić information content (AvgIpc) is 2.28. The first-order valence-electron chi connectivity index (χ1n) is 5.77. The molecule has 1 N–H and O–H groups in total. The minimum Gasteiger partial charge on any atom is -0.377 e. The summed E-state index contributed by atoms with van der Waals surface area (Å²) in [6, 6.07) is 9.00. The molecule has 0 spiro atoms. The van der Waals surface area contributed by atoms with Crippen LogP contribution in [0.15, 0.2) is 24.3 Å². The summed E-state index contributed by atoms with van der Waals surface area (Å²) in [6.45, 7) is 6.34. The number of aryl methyl sites for hydroxylation is 1. The van der Waals surface area contributed by atoms with Crippen LogP contribution in [0.4, 0.5) is 0 Å². The molecule has 0 aliphatic carbocycles. The van der Waals surface area contributed by atoms with Crippen LogP contribution < -0.4 is 5.32 Å². The van der Waals surface area contributed by atoms with Gasteiger partial charge in [-0.2, -0.15) is 0 Å². The Kier molecular flexibility index (Phi) is 4.51. The topological polar surface area (TPSA) is 21.3 Å². The maximum Gasteiger partial charge on any atom is 0.0778 e. The summed E-state index contributed by atoms with van der Waals surface area (Å²) in [5, 5.41) is 3.33. The minimum atomic E-state index is -0.153. The normalized spacial score (nSPS) is 13.8. The zero-order valence-electron chi connectivity index (χ0n) is 11.0. The van der Waals surface area contributed by atoms with E-state index in [0.717, 1.165) is 6.42 Å². The number of benzene rings is 1. The molecule has 2 heteroatoms. The fourth-order valence-electron chi connectivity index (χ4n) is 1.80. The number of hydrogen-bond donors (Lipinski definition) is 1. The van der Waals surface area contributed by atoms with Gasteiger partial charge < -0.3 is 10.1 Å². The van der Waals surface area contributed by atoms with Crippen molar-refractivity contribution in [2.75, 3.05) is 14.2 Å². The SMILES string of the molecule is CNC(Cc1ccc(C)cc1)C(C)(C)OC. The lowest BCUT2D eigenvalue weighted by atomic mass is 9.92. The van der Waals surface area contributed by atoms with Crippen LogP contribution in [0.5, 0.6) is 0 Å². The summed E-state index contributed by atoms with van der Waals surface area (Å²) >= 11 is 0. The molecule has 0 aliphatic heterocycles. The van der Waals surface area contributed by atoms with Crippen LogP contribution in [0.25, 0.3) is 0 Å². The number of likely N-dealkylation sites (N-methyl/N-ethyl adjacent to an activating group) is 1. The molecule has 1 aromatic carbocycles. The second-order valence-electron chi connectivity index (χ2n) is 4.84. The van der Waals surface area contributed by atoms with E-state index in [2.05, 4.69) is 50.4 Å². The van der Waals surface area contributed by atoms with Crippen LogP contribution >= 0.6 is 0 Å². The molecule has 16 heavy (non-hydrogen) atoms. The standard InChI is InChI=1S/C14H23NO/c1-11-6-8-12(9-7-11)10-13(15-4)14(2,3)16-5/h6-9,13,15H,10H2,1-5H3. The highest BCUT2D eigenvalue weighted by atomic mass is 16.5. The fraction of sp³-hybridized carbons (Fsp3) is 0.571. The Labute approximate surface area is 99.0 Å². The molecule has 1 rings (SSSR count). The molecule has 1 unspecified atom stereocenters. The van der Waals surface area contributed by atoms with Gasteiger partial charge in [0.05, 0.1) is 5.60 Å². The zero-order chi connectivity index (χ0) is 12.2. The summed E-state index contributed by atoms with van der Waals surface area (Å²) in [5.74, 6) is 0. The number of hydrogen-bond acceptors (Lipinski definition) is 2. The highest BCUT2D eigenvalue weighted by molar-refractivity contribution is 5.22. The minimum absolute atomic E-state index is 0.153. The van der Waals surface area contributed by atoms with Crippen LogP contribution in [-0.2, 0) is 11.2 Å². The van der Waals surface area contributed by atoms with Crippen molar-refractivity contribution in [2.45, 2.75) is 38.8 Å². The zero-order valence-corrected chi connectivity index (χ0v) is 11.0. The second kappa shape index (κ2) is 5.46. The van der Waals surface area contributed by atoms with E-state index in [0.29, 0.717) is 6.04 Å². The molecule has 0 heterocycles. The largest absolute Gasteiger partial charge is 0.377 e. The van der Waals surface area contributed by atoms with E-state index < -0.39 is 0 Å². The van der Waals surface area contributed by atoms with Crippen LogP contribution in [-0.4, -0.2) is 25.8 Å². The molecule has 2 nitrogen and oxygen atoms in total. The van der Waals surface area contributed by atoms with Gasteiger partial charge in [-0.05, 0) is 39.8 Å². The Bertz CT molecular complexity index is 316. The van der Waals surface area contributed by atoms with Crippen molar-refractivity contribution in [3.8, 4) is 0 Å². The molecule has 0 saturated carbocycles. The summed E-state index contributed by atoms with van der Waals surface area (Å²) in [5.41, 5.74) is 2.49. The van der Waals surface area contributed by atoms with Crippen molar-refractivity contribution in [1.82, 2.24) is 5.32 Å². The molecule has 1 aromatic rings. The smallest absolute Gasteiger partial charge is 0.0778 e. The highest BCUT2D eigenvalue weighted by Crippen LogP contribution is 2.18. The Morgan fingerprint density at radius 2 is 1.81 bits per heavy atom. The molecule has 1 atom stereocenters. The lowest BCUT2D eigenvalue weighted by Gasteiger charge is -2.33. The van der Waals surface area contributed by atoms with E-state index in [-0.39, 0.29) is 5.60 Å². The van der Waals surface area contributed by atoms with Gasteiger partial charge in [-0.15, -0.1) is 0 Å². The summed E-state index contributed by atoms with van der Waals surface area (Å²) in [7, 11) is 3.75. The summed E-state index contributed by atoms with van der Waals surface area (Å²) in [4.78, 5) is 0. The molecular weight excluding hydrogens is 198 g/mol. The first-order chi connectivity index (χ1) is 7.49. The fourth-order valence-corrected chi connectivity index (χ4v) is 1.80. The van der Waals surface area contributed by atoms with Crippen molar-refractivity contribution in [2.24, 2.45) is 0 Å². The number of ether oxygens (including phenoxy) is 1. The first kappa shape index (κ1) is 13.2. The highest BCUT2D eigenvalue weighted by Gasteiger charge is 2.27. The van der Waals surface area contributed by atoms with Crippen LogP contribution in [0.1, 0.15) is 25.0 Å². The average molecular weight is 221 g/mol. The predicted octanol–water partition coefficient (Wildman–Crippen LogP) is 2.55. The second-order valence-corrected chi connectivity index (χ2v) is 4.84. The maximum absolute atomic E-state index is 5.52. The monoisotopic (exact) mass is 221 g/mol. The third-order valence-corrected chi connectivity index (χ3v) is 3.27. The number of rotatable bonds is 5. The van der Waals surface area contributed by atoms with Crippen molar-refractivity contribution >= 4 is 0 Å². The number of nitrogens with one attached hydrogen (secondary N) is 1. The van der Waals surface area contributed by atoms with Crippen molar-refractivity contribution in [1.29, 1.82) is 0 Å². The molecule has 90 valence electrons. The molecule has 0 radical (unpaired) electrons. The van der Waals surface area contributed by atoms with E-state index in [1.807, 2.05) is 7.05 Å². The quantitative estimate of drug-likeness (QED) is 0.825. The Balaban J connectivity index is 2.74. The molecule has 0 aromatic heterocycles. The van der Waals surface area contributed by atoms with Crippen molar-refractivity contribution in [3.63, 3.8) is 0 Å². The van der Waals surface area contributed by atoms with Crippen LogP contribution in [0.3, 0.4) is 0 Å². The maximum atomic E-state index is 5.52. The van der Waals surface area contributed by atoms with E-state index in [4.69, 9.17) is 4.74 Å². The predicted molar refractivity (Wildman–Crippen MR) is 68.8 cm³/mol. The number of methoxy groups -OCH3 is 1. The van der Waals surface area contributed by atoms with Crippen LogP contribution in [0.2, 0.25) is 0 Å². The molecule has 0 saturated heterocycles. The van der Waals surface area contributed by atoms with Gasteiger partial charge in [0.1, 0.15) is 0 Å². The third-order valence-electron chi connectivity index (χ3n) is 3.27. The van der Waals surface area contributed by atoms with Gasteiger partial charge in [0, 0.05) is 13.2 Å². The lowest BCUT2D eigenvalue weighted by Crippen LogP contribution is -2.48. The van der Waals surface area contributed by atoms with Crippen molar-refractivity contribution in [3.05, 3.63) is 35.4 Å². The van der Waals surface area contributed by atoms with E-state index >= 15 is 0 Å². The lowest BCUT2D eigenvalue weighted by molar-refractivity contribution is -0.00797. The Hall–Kier alpha value is -0.860. The molecular formula is C14H23NO. The van der Waals surface area contributed by atoms with E-state index in [1.54, 1.807) is 7.11 Å². The first-order valence-corrected chi connectivity index (χ1v) is 5.77. The van der Waals surface area contributed by atoms with Gasteiger partial charge in [0.25, 0.3) is 0 Å². The Morgan fingerprint density at radius 3 is 2.25 bits per heavy atom. The van der Waals surface area contributed by atoms with Gasteiger partial charge in [0.2, 0.25) is 0 Å². The summed E-state index contributed by atoms with van der Waals surface area (Å²) in [6.07, 6.45) is 0.984. The molecule has 0 amide bonds. The third kappa shape index (κ3) is 3.32. The van der Waals surface area contributed by atoms with Gasteiger partial charge in [-0.1, -0.05) is 29.8 Å².